The number of anilines is 1. The van der Waals surface area contributed by atoms with Crippen molar-refractivity contribution in [2.24, 2.45) is 0 Å². The van der Waals surface area contributed by atoms with E-state index >= 15 is 0 Å². The maximum Gasteiger partial charge on any atom is 0.129 e. The summed E-state index contributed by atoms with van der Waals surface area (Å²) >= 11 is 0. The van der Waals surface area contributed by atoms with Gasteiger partial charge >= 0.3 is 0 Å². The third-order valence-corrected chi connectivity index (χ3v) is 6.01. The van der Waals surface area contributed by atoms with Crippen LogP contribution in [0.1, 0.15) is 11.6 Å². The minimum atomic E-state index is 0.333. The van der Waals surface area contributed by atoms with E-state index in [9.17, 15) is 0 Å². The lowest BCUT2D eigenvalue weighted by molar-refractivity contribution is 0.415. The maximum atomic E-state index is 5.44. The first kappa shape index (κ1) is 17.9. The predicted octanol–water partition coefficient (Wildman–Crippen LogP) is 4.56. The fourth-order valence-corrected chi connectivity index (χ4v) is 4.37. The Hall–Kier alpha value is -3.93. The Balaban J connectivity index is 1.37. The molecule has 0 bridgehead atoms. The van der Waals surface area contributed by atoms with Crippen molar-refractivity contribution in [3.05, 3.63) is 85.1 Å². The second kappa shape index (κ2) is 7.09. The minimum absolute atomic E-state index is 0.333. The van der Waals surface area contributed by atoms with Gasteiger partial charge in [-0.05, 0) is 30.3 Å². The van der Waals surface area contributed by atoms with Crippen LogP contribution in [0.15, 0.2) is 79.4 Å². The number of pyridine rings is 1. The standard InChI is InChI=1S/C25H21N5O/c1-31-21-7-4-6-18(11-21)24-25(30-16-26-12-20(30)13-27-24)19-14-29(15-19)23-10-9-17-5-2-3-8-22(17)28-23/h2-13,16,19H,14-15H2,1H3. The molecule has 0 saturated carbocycles. The van der Waals surface area contributed by atoms with Crippen LogP contribution >= 0.6 is 0 Å². The smallest absolute Gasteiger partial charge is 0.129 e. The molecule has 0 N–H and O–H groups in total. The molecular formula is C25H21N5O. The molecule has 2 aromatic carbocycles. The topological polar surface area (TPSA) is 55.6 Å². The van der Waals surface area contributed by atoms with E-state index in [1.807, 2.05) is 49.1 Å². The van der Waals surface area contributed by atoms with E-state index in [0.717, 1.165) is 52.3 Å². The summed E-state index contributed by atoms with van der Waals surface area (Å²) in [5.74, 6) is 2.18. The highest BCUT2D eigenvalue weighted by atomic mass is 16.5. The number of aromatic nitrogens is 4. The molecule has 6 heteroatoms. The molecule has 0 atom stereocenters. The summed E-state index contributed by atoms with van der Waals surface area (Å²) in [4.78, 5) is 16.3. The monoisotopic (exact) mass is 407 g/mol. The second-order valence-corrected chi connectivity index (χ2v) is 7.88. The molecule has 6 rings (SSSR count). The Labute approximate surface area is 179 Å². The number of nitrogens with zero attached hydrogens (tertiary/aromatic N) is 5. The minimum Gasteiger partial charge on any atom is -0.497 e. The van der Waals surface area contributed by atoms with Gasteiger partial charge in [0.15, 0.2) is 0 Å². The lowest BCUT2D eigenvalue weighted by atomic mass is 9.92. The molecule has 0 spiro atoms. The van der Waals surface area contributed by atoms with Gasteiger partial charge in [0.2, 0.25) is 0 Å². The molecule has 3 aromatic heterocycles. The zero-order valence-corrected chi connectivity index (χ0v) is 17.1. The van der Waals surface area contributed by atoms with Gasteiger partial charge in [0.25, 0.3) is 0 Å². The highest BCUT2D eigenvalue weighted by Crippen LogP contribution is 2.37. The first-order valence-corrected chi connectivity index (χ1v) is 10.4. The summed E-state index contributed by atoms with van der Waals surface area (Å²) < 4.78 is 7.60. The van der Waals surface area contributed by atoms with Crippen LogP contribution in [0, 0.1) is 0 Å². The summed E-state index contributed by atoms with van der Waals surface area (Å²) in [6.07, 6.45) is 5.62. The van der Waals surface area contributed by atoms with Crippen LogP contribution in [0.3, 0.4) is 0 Å². The first-order valence-electron chi connectivity index (χ1n) is 10.4. The molecule has 1 fully saturated rings. The number of rotatable bonds is 4. The molecule has 6 nitrogen and oxygen atoms in total. The molecule has 4 heterocycles. The Bertz CT molecular complexity index is 1400. The van der Waals surface area contributed by atoms with E-state index in [4.69, 9.17) is 14.7 Å². The Morgan fingerprint density at radius 1 is 0.968 bits per heavy atom. The van der Waals surface area contributed by atoms with Crippen molar-refractivity contribution < 1.29 is 4.74 Å². The van der Waals surface area contributed by atoms with Gasteiger partial charge in [-0.25, -0.2) is 9.97 Å². The lowest BCUT2D eigenvalue weighted by Gasteiger charge is -2.41. The average molecular weight is 407 g/mol. The Morgan fingerprint density at radius 3 is 2.77 bits per heavy atom. The number of hydrogen-bond acceptors (Lipinski definition) is 5. The molecule has 0 amide bonds. The van der Waals surface area contributed by atoms with E-state index in [1.54, 1.807) is 7.11 Å². The van der Waals surface area contributed by atoms with Gasteiger partial charge in [0, 0.05) is 30.0 Å². The lowest BCUT2D eigenvalue weighted by Crippen LogP contribution is -2.46. The van der Waals surface area contributed by atoms with Crippen molar-refractivity contribution in [2.45, 2.75) is 5.92 Å². The largest absolute Gasteiger partial charge is 0.497 e. The number of para-hydroxylation sites is 1. The van der Waals surface area contributed by atoms with Gasteiger partial charge in [-0.1, -0.05) is 30.3 Å². The normalized spacial score (nSPS) is 14.2. The molecule has 31 heavy (non-hydrogen) atoms. The third kappa shape index (κ3) is 2.99. The zero-order valence-electron chi connectivity index (χ0n) is 17.1. The van der Waals surface area contributed by atoms with Gasteiger partial charge in [0.1, 0.15) is 11.6 Å². The van der Waals surface area contributed by atoms with Gasteiger partial charge in [-0.15, -0.1) is 0 Å². The second-order valence-electron chi connectivity index (χ2n) is 7.88. The molecule has 0 unspecified atom stereocenters. The van der Waals surface area contributed by atoms with Crippen molar-refractivity contribution in [2.75, 3.05) is 25.1 Å². The van der Waals surface area contributed by atoms with E-state index in [0.29, 0.717) is 5.92 Å². The number of imidazole rings is 1. The molecule has 1 saturated heterocycles. The van der Waals surface area contributed by atoms with Crippen molar-refractivity contribution in [1.82, 2.24) is 19.4 Å². The number of fused-ring (bicyclic) bond motifs is 2. The summed E-state index contributed by atoms with van der Waals surface area (Å²) in [6, 6.07) is 20.6. The summed E-state index contributed by atoms with van der Waals surface area (Å²) in [6.45, 7) is 1.78. The predicted molar refractivity (Wildman–Crippen MR) is 122 cm³/mol. The van der Waals surface area contributed by atoms with Gasteiger partial charge in [0.05, 0.1) is 48.3 Å². The molecule has 5 aromatic rings. The van der Waals surface area contributed by atoms with Crippen LogP contribution in [0.4, 0.5) is 5.82 Å². The number of ether oxygens (including phenoxy) is 1. The summed E-state index contributed by atoms with van der Waals surface area (Å²) in [7, 11) is 1.69. The summed E-state index contributed by atoms with van der Waals surface area (Å²) in [5.41, 5.74) is 5.23. The molecule has 1 aliphatic heterocycles. The van der Waals surface area contributed by atoms with Gasteiger partial charge < -0.3 is 9.64 Å². The SMILES string of the molecule is COc1cccc(-c2ncc3cncn3c2C2CN(c3ccc4ccccc4n3)C2)c1. The average Bonchev–Trinajstić information content (AvgIpc) is 3.27. The maximum absolute atomic E-state index is 5.44. The highest BCUT2D eigenvalue weighted by Gasteiger charge is 2.33. The highest BCUT2D eigenvalue weighted by molar-refractivity contribution is 5.80. The van der Waals surface area contributed by atoms with Crippen LogP contribution in [0.5, 0.6) is 5.75 Å². The van der Waals surface area contributed by atoms with Crippen molar-refractivity contribution in [1.29, 1.82) is 0 Å². The van der Waals surface area contributed by atoms with E-state index < -0.39 is 0 Å². The van der Waals surface area contributed by atoms with Crippen LogP contribution in [0.25, 0.3) is 27.7 Å². The molecule has 152 valence electrons. The van der Waals surface area contributed by atoms with Crippen molar-refractivity contribution in [3.63, 3.8) is 0 Å². The van der Waals surface area contributed by atoms with E-state index in [2.05, 4.69) is 44.6 Å². The number of benzene rings is 2. The first-order chi connectivity index (χ1) is 15.3. The van der Waals surface area contributed by atoms with Crippen LogP contribution in [-0.4, -0.2) is 39.6 Å². The molecule has 0 aliphatic carbocycles. The third-order valence-electron chi connectivity index (χ3n) is 6.01. The Morgan fingerprint density at radius 2 is 1.87 bits per heavy atom. The molecule has 0 radical (unpaired) electrons. The van der Waals surface area contributed by atoms with Crippen LogP contribution in [0.2, 0.25) is 0 Å². The van der Waals surface area contributed by atoms with Crippen molar-refractivity contribution >= 4 is 22.2 Å². The fourth-order valence-electron chi connectivity index (χ4n) is 4.37. The quantitative estimate of drug-likeness (QED) is 0.437. The number of methoxy groups -OCH3 is 1. The van der Waals surface area contributed by atoms with Gasteiger partial charge in [-0.2, -0.15) is 0 Å². The fraction of sp³-hybridized carbons (Fsp3) is 0.160. The van der Waals surface area contributed by atoms with Crippen LogP contribution in [-0.2, 0) is 0 Å². The molecule has 1 aliphatic rings. The van der Waals surface area contributed by atoms with Crippen LogP contribution < -0.4 is 9.64 Å². The number of hydrogen-bond donors (Lipinski definition) is 0. The summed E-state index contributed by atoms with van der Waals surface area (Å²) in [5, 5.41) is 1.16. The zero-order chi connectivity index (χ0) is 20.8. The molecular weight excluding hydrogens is 386 g/mol. The van der Waals surface area contributed by atoms with E-state index in [1.165, 1.54) is 5.69 Å². The van der Waals surface area contributed by atoms with Gasteiger partial charge in [-0.3, -0.25) is 9.38 Å². The van der Waals surface area contributed by atoms with E-state index in [-0.39, 0.29) is 0 Å². The van der Waals surface area contributed by atoms with Crippen molar-refractivity contribution in [3.8, 4) is 17.0 Å². The Kier molecular flexibility index (Phi) is 4.09.